The zero-order valence-corrected chi connectivity index (χ0v) is 19.9. The Bertz CT molecular complexity index is 823. The van der Waals surface area contributed by atoms with E-state index in [0.717, 1.165) is 0 Å². The molecule has 0 unspecified atom stereocenters. The van der Waals surface area contributed by atoms with E-state index in [2.05, 4.69) is 28.6 Å². The lowest BCUT2D eigenvalue weighted by Crippen LogP contribution is -2.56. The first kappa shape index (κ1) is 27.4. The molecule has 2 rings (SSSR count). The van der Waals surface area contributed by atoms with E-state index in [9.17, 15) is 28.8 Å². The molecule has 0 saturated carbocycles. The fourth-order valence-electron chi connectivity index (χ4n) is 4.06. The Morgan fingerprint density at radius 3 is 1.91 bits per heavy atom. The van der Waals surface area contributed by atoms with Crippen LogP contribution in [0.5, 0.6) is 0 Å². The van der Waals surface area contributed by atoms with E-state index in [1.807, 2.05) is 0 Å². The minimum Gasteiger partial charge on any atom is -0.480 e. The van der Waals surface area contributed by atoms with Gasteiger partial charge in [0.2, 0.25) is 29.5 Å². The number of thiol groups is 1. The molecule has 0 aromatic heterocycles. The summed E-state index contributed by atoms with van der Waals surface area (Å²) < 4.78 is 0. The van der Waals surface area contributed by atoms with Gasteiger partial charge in [0.1, 0.15) is 24.7 Å². The number of carboxylic acid groups (broad SMARTS) is 1. The van der Waals surface area contributed by atoms with Crippen LogP contribution < -0.4 is 21.7 Å². The summed E-state index contributed by atoms with van der Waals surface area (Å²) in [6.45, 7) is 1.27. The van der Waals surface area contributed by atoms with Crippen molar-refractivity contribution in [1.82, 2.24) is 25.8 Å². The van der Waals surface area contributed by atoms with Gasteiger partial charge in [0, 0.05) is 18.8 Å². The predicted molar refractivity (Wildman–Crippen MR) is 123 cm³/mol. The molecule has 0 aromatic rings. The lowest BCUT2D eigenvalue weighted by molar-refractivity contribution is -0.142. The number of nitrogens with one attached hydrogen (secondary N) is 3. The quantitative estimate of drug-likeness (QED) is 0.171. The van der Waals surface area contributed by atoms with Crippen LogP contribution in [0.2, 0.25) is 0 Å². The smallest absolute Gasteiger partial charge is 0.322 e. The average Bonchev–Trinajstić information content (AvgIpc) is 3.48. The summed E-state index contributed by atoms with van der Waals surface area (Å²) in [6, 6.07) is -3.31. The summed E-state index contributed by atoms with van der Waals surface area (Å²) in [5, 5.41) is 16.0. The topological polar surface area (TPSA) is 191 Å². The average molecular weight is 501 g/mol. The number of nitrogens with zero attached hydrogens (tertiary/aromatic N) is 2. The number of aliphatic carboxylic acids is 1. The largest absolute Gasteiger partial charge is 0.480 e. The van der Waals surface area contributed by atoms with Gasteiger partial charge in [-0.25, -0.2) is 0 Å². The van der Waals surface area contributed by atoms with Crippen LogP contribution in [0.3, 0.4) is 0 Å². The number of carbonyl (C=O) groups excluding carboxylic acids is 5. The first-order valence-electron chi connectivity index (χ1n) is 11.1. The number of carbonyl (C=O) groups is 6. The highest BCUT2D eigenvalue weighted by Crippen LogP contribution is 2.19. The zero-order chi connectivity index (χ0) is 25.4. The normalized spacial score (nSPS) is 21.5. The van der Waals surface area contributed by atoms with Crippen molar-refractivity contribution < 1.29 is 33.9 Å². The van der Waals surface area contributed by atoms with Crippen LogP contribution in [-0.2, 0) is 28.8 Å². The summed E-state index contributed by atoms with van der Waals surface area (Å²) in [7, 11) is 0. The van der Waals surface area contributed by atoms with Crippen LogP contribution in [0.4, 0.5) is 0 Å². The molecule has 2 aliphatic heterocycles. The highest BCUT2D eigenvalue weighted by molar-refractivity contribution is 7.80. The maximum atomic E-state index is 12.9. The van der Waals surface area contributed by atoms with Crippen molar-refractivity contribution in [3.05, 3.63) is 0 Å². The summed E-state index contributed by atoms with van der Waals surface area (Å²) >= 11 is 4.12. The van der Waals surface area contributed by atoms with E-state index in [-0.39, 0.29) is 18.2 Å². The molecule has 2 aliphatic rings. The van der Waals surface area contributed by atoms with Gasteiger partial charge in [0.25, 0.3) is 0 Å². The summed E-state index contributed by atoms with van der Waals surface area (Å²) in [5.74, 6) is -3.79. The third kappa shape index (κ3) is 7.06. The van der Waals surface area contributed by atoms with Gasteiger partial charge in [0.05, 0.1) is 12.6 Å². The monoisotopic (exact) mass is 500 g/mol. The number of amides is 5. The lowest BCUT2D eigenvalue weighted by atomic mass is 10.2. The van der Waals surface area contributed by atoms with Crippen molar-refractivity contribution in [3.8, 4) is 0 Å². The zero-order valence-electron chi connectivity index (χ0n) is 19.0. The Hall–Kier alpha value is -2.87. The minimum absolute atomic E-state index is 0.0439. The van der Waals surface area contributed by atoms with Gasteiger partial charge >= 0.3 is 5.97 Å². The van der Waals surface area contributed by atoms with Gasteiger partial charge in [-0.2, -0.15) is 12.6 Å². The van der Waals surface area contributed by atoms with Gasteiger partial charge in [-0.1, -0.05) is 0 Å². The van der Waals surface area contributed by atoms with E-state index in [0.29, 0.717) is 32.2 Å². The second-order valence-corrected chi connectivity index (χ2v) is 8.67. The molecule has 4 atom stereocenters. The highest BCUT2D eigenvalue weighted by atomic mass is 32.1. The van der Waals surface area contributed by atoms with E-state index < -0.39 is 66.9 Å². The van der Waals surface area contributed by atoms with Gasteiger partial charge in [-0.15, -0.1) is 0 Å². The number of nitrogens with two attached hydrogens (primary N) is 1. The molecule has 2 fully saturated rings. The van der Waals surface area contributed by atoms with Crippen LogP contribution in [0.1, 0.15) is 32.6 Å². The number of hydrogen-bond donors (Lipinski definition) is 6. The number of likely N-dealkylation sites (tertiary alicyclic amines) is 2. The van der Waals surface area contributed by atoms with Crippen molar-refractivity contribution in [3.63, 3.8) is 0 Å². The summed E-state index contributed by atoms with van der Waals surface area (Å²) in [5.41, 5.74) is 5.63. The van der Waals surface area contributed by atoms with Crippen LogP contribution in [0.15, 0.2) is 0 Å². The molecule has 0 radical (unpaired) electrons. The van der Waals surface area contributed by atoms with E-state index in [4.69, 9.17) is 10.8 Å². The Labute approximate surface area is 202 Å². The second kappa shape index (κ2) is 12.6. The molecule has 13 nitrogen and oxygen atoms in total. The molecule has 0 spiro atoms. The lowest BCUT2D eigenvalue weighted by Gasteiger charge is -2.28. The minimum atomic E-state index is -1.20. The standard InChI is InChI=1S/C20H32N6O7S/c1-11(21)19(32)25-6-2-4-13(25)17(30)22-8-15(27)24-12(10-34)20(33)26-7-3-5-14(26)18(31)23-9-16(28)29/h11-14,34H,2-10,21H2,1H3,(H,22,30)(H,23,31)(H,24,27)(H,28,29)/t11-,12-,13-,14-/m0/s1. The van der Waals surface area contributed by atoms with Gasteiger partial charge in [-0.3, -0.25) is 28.8 Å². The maximum Gasteiger partial charge on any atom is 0.322 e. The van der Waals surface area contributed by atoms with Crippen molar-refractivity contribution in [2.75, 3.05) is 31.9 Å². The second-order valence-electron chi connectivity index (χ2n) is 8.30. The molecular weight excluding hydrogens is 468 g/mol. The molecule has 14 heteroatoms. The molecule has 0 aromatic carbocycles. The first-order valence-corrected chi connectivity index (χ1v) is 11.7. The Morgan fingerprint density at radius 2 is 1.44 bits per heavy atom. The molecule has 34 heavy (non-hydrogen) atoms. The fourth-order valence-corrected chi connectivity index (χ4v) is 4.31. The van der Waals surface area contributed by atoms with Crippen molar-refractivity contribution in [1.29, 1.82) is 0 Å². The highest BCUT2D eigenvalue weighted by Gasteiger charge is 2.38. The van der Waals surface area contributed by atoms with Crippen LogP contribution >= 0.6 is 12.6 Å². The molecule has 0 aliphatic carbocycles. The Balaban J connectivity index is 1.89. The molecular formula is C20H32N6O7S. The third-order valence-electron chi connectivity index (χ3n) is 5.72. The fraction of sp³-hybridized carbons (Fsp3) is 0.700. The number of carboxylic acids is 1. The summed E-state index contributed by atoms with van der Waals surface area (Å²) in [6.07, 6.45) is 2.04. The first-order chi connectivity index (χ1) is 16.1. The van der Waals surface area contributed by atoms with Crippen molar-refractivity contribution in [2.24, 2.45) is 5.73 Å². The molecule has 2 heterocycles. The molecule has 0 bridgehead atoms. The Morgan fingerprint density at radius 1 is 0.941 bits per heavy atom. The van der Waals surface area contributed by atoms with Crippen molar-refractivity contribution in [2.45, 2.75) is 56.8 Å². The predicted octanol–water partition coefficient (Wildman–Crippen LogP) is -2.95. The molecule has 190 valence electrons. The maximum absolute atomic E-state index is 12.9. The van der Waals surface area contributed by atoms with Crippen LogP contribution in [0, 0.1) is 0 Å². The molecule has 6 N–H and O–H groups in total. The van der Waals surface area contributed by atoms with Crippen LogP contribution in [0.25, 0.3) is 0 Å². The molecule has 2 saturated heterocycles. The van der Waals surface area contributed by atoms with Gasteiger partial charge in [0.15, 0.2) is 0 Å². The van der Waals surface area contributed by atoms with Gasteiger partial charge < -0.3 is 36.6 Å². The third-order valence-corrected chi connectivity index (χ3v) is 6.08. The molecule has 5 amide bonds. The van der Waals surface area contributed by atoms with Crippen molar-refractivity contribution >= 4 is 48.1 Å². The van der Waals surface area contributed by atoms with E-state index >= 15 is 0 Å². The SMILES string of the molecule is C[C@H](N)C(=O)N1CCC[C@H]1C(=O)NCC(=O)N[C@@H](CS)C(=O)N1CCC[C@H]1C(=O)NCC(=O)O. The number of rotatable bonds is 10. The summed E-state index contributed by atoms with van der Waals surface area (Å²) in [4.78, 5) is 75.6. The van der Waals surface area contributed by atoms with Gasteiger partial charge in [-0.05, 0) is 32.6 Å². The Kier molecular flexibility index (Phi) is 10.1. The number of hydrogen-bond acceptors (Lipinski definition) is 8. The van der Waals surface area contributed by atoms with E-state index in [1.165, 1.54) is 9.80 Å². The van der Waals surface area contributed by atoms with Crippen LogP contribution in [-0.4, -0.2) is 107 Å². The van der Waals surface area contributed by atoms with E-state index in [1.54, 1.807) is 6.92 Å².